The Bertz CT molecular complexity index is 444. The van der Waals surface area contributed by atoms with Gasteiger partial charge in [-0.05, 0) is 30.9 Å². The maximum atomic E-state index is 12.3. The van der Waals surface area contributed by atoms with Crippen molar-refractivity contribution in [3.63, 3.8) is 0 Å². The Morgan fingerprint density at radius 2 is 2.20 bits per heavy atom. The summed E-state index contributed by atoms with van der Waals surface area (Å²) in [6, 6.07) is 8.55. The Hall–Kier alpha value is -1.51. The van der Waals surface area contributed by atoms with Crippen molar-refractivity contribution in [2.75, 3.05) is 11.9 Å². The number of fused-ring (bicyclic) bond motifs is 1. The fourth-order valence-corrected chi connectivity index (χ4v) is 2.83. The average molecular weight is 274 g/mol. The highest BCUT2D eigenvalue weighted by Crippen LogP contribution is 2.21. The molecule has 3 heteroatoms. The second kappa shape index (κ2) is 7.32. The van der Waals surface area contributed by atoms with Crippen LogP contribution in [0.15, 0.2) is 24.3 Å². The predicted molar refractivity (Wildman–Crippen MR) is 83.9 cm³/mol. The first-order valence-electron chi connectivity index (χ1n) is 7.86. The lowest BCUT2D eigenvalue weighted by atomic mass is 9.96. The Balaban J connectivity index is 1.89. The number of nitrogens with one attached hydrogen (secondary N) is 2. The summed E-state index contributed by atoms with van der Waals surface area (Å²) in [5.41, 5.74) is 2.50. The molecule has 2 unspecified atom stereocenters. The van der Waals surface area contributed by atoms with Crippen molar-refractivity contribution in [3.05, 3.63) is 29.8 Å². The van der Waals surface area contributed by atoms with Crippen molar-refractivity contribution in [1.82, 2.24) is 5.32 Å². The third-order valence-corrected chi connectivity index (χ3v) is 4.14. The minimum atomic E-state index is 0.173. The number of para-hydroxylation sites is 1. The van der Waals surface area contributed by atoms with Crippen molar-refractivity contribution < 1.29 is 4.79 Å². The van der Waals surface area contributed by atoms with Crippen LogP contribution < -0.4 is 10.6 Å². The summed E-state index contributed by atoms with van der Waals surface area (Å²) in [4.78, 5) is 12.3. The van der Waals surface area contributed by atoms with Gasteiger partial charge in [-0.3, -0.25) is 4.79 Å². The number of rotatable bonds is 6. The Kier molecular flexibility index (Phi) is 5.45. The van der Waals surface area contributed by atoms with Crippen LogP contribution in [0.3, 0.4) is 0 Å². The maximum absolute atomic E-state index is 12.3. The van der Waals surface area contributed by atoms with Gasteiger partial charge < -0.3 is 10.6 Å². The third-order valence-electron chi connectivity index (χ3n) is 4.14. The molecule has 0 fully saturated rings. The lowest BCUT2D eigenvalue weighted by Crippen LogP contribution is -2.45. The molecule has 0 saturated heterocycles. The zero-order valence-corrected chi connectivity index (χ0v) is 12.6. The molecule has 1 aliphatic heterocycles. The summed E-state index contributed by atoms with van der Waals surface area (Å²) >= 11 is 0. The fraction of sp³-hybridized carbons (Fsp3) is 0.588. The Morgan fingerprint density at radius 1 is 1.40 bits per heavy atom. The zero-order valence-electron chi connectivity index (χ0n) is 12.6. The lowest BCUT2D eigenvalue weighted by molar-refractivity contribution is -0.126. The quantitative estimate of drug-likeness (QED) is 0.835. The van der Waals surface area contributed by atoms with Gasteiger partial charge >= 0.3 is 0 Å². The van der Waals surface area contributed by atoms with Crippen molar-refractivity contribution in [1.29, 1.82) is 0 Å². The maximum Gasteiger partial charge on any atom is 0.223 e. The molecule has 2 N–H and O–H groups in total. The summed E-state index contributed by atoms with van der Waals surface area (Å²) in [5.74, 6) is 0.402. The van der Waals surface area contributed by atoms with Gasteiger partial charge in [0.1, 0.15) is 0 Å². The molecule has 1 aromatic rings. The summed E-state index contributed by atoms with van der Waals surface area (Å²) in [6.07, 6.45) is 5.16. The van der Waals surface area contributed by atoms with E-state index in [4.69, 9.17) is 0 Å². The molecule has 1 amide bonds. The Morgan fingerprint density at radius 3 is 2.95 bits per heavy atom. The lowest BCUT2D eigenvalue weighted by Gasteiger charge is -2.28. The number of unbranched alkanes of at least 4 members (excludes halogenated alkanes) is 1. The van der Waals surface area contributed by atoms with E-state index in [1.54, 1.807) is 0 Å². The van der Waals surface area contributed by atoms with Crippen molar-refractivity contribution >= 4 is 11.6 Å². The standard InChI is InChI=1S/C17H26N2O/c1-3-5-8-13(4-2)17(20)19-15-11-14-9-6-7-10-16(14)18-12-15/h6-7,9-10,13,15,18H,3-5,8,11-12H2,1-2H3,(H,19,20). The van der Waals surface area contributed by atoms with E-state index in [0.29, 0.717) is 0 Å². The second-order valence-corrected chi connectivity index (χ2v) is 5.70. The molecule has 0 saturated carbocycles. The average Bonchev–Trinajstić information content (AvgIpc) is 2.48. The molecule has 20 heavy (non-hydrogen) atoms. The van der Waals surface area contributed by atoms with Crippen LogP contribution in [-0.4, -0.2) is 18.5 Å². The van der Waals surface area contributed by atoms with E-state index >= 15 is 0 Å². The van der Waals surface area contributed by atoms with Crippen molar-refractivity contribution in [3.8, 4) is 0 Å². The van der Waals surface area contributed by atoms with E-state index in [1.807, 2.05) is 6.07 Å². The van der Waals surface area contributed by atoms with E-state index in [0.717, 1.165) is 38.6 Å². The third kappa shape index (κ3) is 3.75. The molecule has 0 bridgehead atoms. The topological polar surface area (TPSA) is 41.1 Å². The van der Waals surface area contributed by atoms with Gasteiger partial charge in [0.25, 0.3) is 0 Å². The highest BCUT2D eigenvalue weighted by Gasteiger charge is 2.22. The van der Waals surface area contributed by atoms with E-state index in [9.17, 15) is 4.79 Å². The van der Waals surface area contributed by atoms with Gasteiger partial charge in [-0.15, -0.1) is 0 Å². The summed E-state index contributed by atoms with van der Waals surface area (Å²) in [7, 11) is 0. The summed E-state index contributed by atoms with van der Waals surface area (Å²) in [6.45, 7) is 5.11. The van der Waals surface area contributed by atoms with E-state index < -0.39 is 0 Å². The fourth-order valence-electron chi connectivity index (χ4n) is 2.83. The number of carbonyl (C=O) groups is 1. The molecule has 110 valence electrons. The monoisotopic (exact) mass is 274 g/mol. The largest absolute Gasteiger partial charge is 0.383 e. The first-order chi connectivity index (χ1) is 9.74. The number of hydrogen-bond acceptors (Lipinski definition) is 2. The number of hydrogen-bond donors (Lipinski definition) is 2. The summed E-state index contributed by atoms with van der Waals surface area (Å²) < 4.78 is 0. The Labute approximate surface area is 122 Å². The second-order valence-electron chi connectivity index (χ2n) is 5.70. The predicted octanol–water partition coefficient (Wildman–Crippen LogP) is 3.36. The molecule has 0 spiro atoms. The van der Waals surface area contributed by atoms with Crippen LogP contribution in [-0.2, 0) is 11.2 Å². The highest BCUT2D eigenvalue weighted by atomic mass is 16.1. The number of amides is 1. The SMILES string of the molecule is CCCCC(CC)C(=O)NC1CNc2ccccc2C1. The van der Waals surface area contributed by atoms with Gasteiger partial charge in [0.05, 0.1) is 6.04 Å². The number of anilines is 1. The van der Waals surface area contributed by atoms with Crippen LogP contribution in [0.5, 0.6) is 0 Å². The molecule has 1 heterocycles. The molecule has 1 aromatic carbocycles. The summed E-state index contributed by atoms with van der Waals surface area (Å²) in [5, 5.41) is 6.62. The highest BCUT2D eigenvalue weighted by molar-refractivity contribution is 5.79. The van der Waals surface area contributed by atoms with Gasteiger partial charge in [-0.1, -0.05) is 44.9 Å². The van der Waals surface area contributed by atoms with Crippen molar-refractivity contribution in [2.45, 2.75) is 52.0 Å². The van der Waals surface area contributed by atoms with E-state index in [-0.39, 0.29) is 17.9 Å². The van der Waals surface area contributed by atoms with Crippen LogP contribution in [0.4, 0.5) is 5.69 Å². The molecule has 0 radical (unpaired) electrons. The van der Waals surface area contributed by atoms with E-state index in [1.165, 1.54) is 11.3 Å². The van der Waals surface area contributed by atoms with Crippen LogP contribution in [0.25, 0.3) is 0 Å². The minimum Gasteiger partial charge on any atom is -0.383 e. The minimum absolute atomic E-state index is 0.173. The molecule has 1 aliphatic rings. The van der Waals surface area contributed by atoms with E-state index in [2.05, 4.69) is 42.7 Å². The first kappa shape index (κ1) is 14.9. The molecular weight excluding hydrogens is 248 g/mol. The molecule has 3 nitrogen and oxygen atoms in total. The molecule has 0 aromatic heterocycles. The van der Waals surface area contributed by atoms with Crippen LogP contribution >= 0.6 is 0 Å². The molecule has 2 atom stereocenters. The van der Waals surface area contributed by atoms with Crippen LogP contribution in [0.2, 0.25) is 0 Å². The van der Waals surface area contributed by atoms with Crippen LogP contribution in [0.1, 0.15) is 45.1 Å². The zero-order chi connectivity index (χ0) is 14.4. The van der Waals surface area contributed by atoms with Crippen molar-refractivity contribution in [2.24, 2.45) is 5.92 Å². The smallest absolute Gasteiger partial charge is 0.223 e. The normalized spacial score (nSPS) is 18.8. The van der Waals surface area contributed by atoms with Crippen LogP contribution in [0, 0.1) is 5.92 Å². The number of carbonyl (C=O) groups excluding carboxylic acids is 1. The number of benzene rings is 1. The van der Waals surface area contributed by atoms with Gasteiger partial charge in [-0.2, -0.15) is 0 Å². The molecular formula is C17H26N2O. The molecule has 2 rings (SSSR count). The van der Waals surface area contributed by atoms with Gasteiger partial charge in [-0.25, -0.2) is 0 Å². The molecule has 0 aliphatic carbocycles. The van der Waals surface area contributed by atoms with Gasteiger partial charge in [0, 0.05) is 18.2 Å². The van der Waals surface area contributed by atoms with Gasteiger partial charge in [0.2, 0.25) is 5.91 Å². The van der Waals surface area contributed by atoms with Gasteiger partial charge in [0.15, 0.2) is 0 Å². The first-order valence-corrected chi connectivity index (χ1v) is 7.86.